The molecule has 0 bridgehead atoms. The van der Waals surface area contributed by atoms with Crippen LogP contribution in [0.1, 0.15) is 21.3 Å². The Morgan fingerprint density at radius 2 is 1.83 bits per heavy atom. The van der Waals surface area contributed by atoms with Gasteiger partial charge in [0.1, 0.15) is 6.04 Å². The Balaban J connectivity index is 2.18. The highest BCUT2D eigenvalue weighted by Gasteiger charge is 2.20. The number of rotatable bonds is 4. The lowest BCUT2D eigenvalue weighted by Crippen LogP contribution is -2.37. The lowest BCUT2D eigenvalue weighted by molar-refractivity contribution is -0.120. The predicted octanol–water partition coefficient (Wildman–Crippen LogP) is 1.70. The summed E-state index contributed by atoms with van der Waals surface area (Å²) in [5.74, 6) is -0.872. The summed E-state index contributed by atoms with van der Waals surface area (Å²) in [6.07, 6.45) is 0. The Morgan fingerprint density at radius 1 is 1.11 bits per heavy atom. The van der Waals surface area contributed by atoms with Gasteiger partial charge in [-0.3, -0.25) is 9.59 Å². The maximum Gasteiger partial charge on any atom is 0.262 e. The zero-order valence-electron chi connectivity index (χ0n) is 9.50. The van der Waals surface area contributed by atoms with E-state index in [9.17, 15) is 9.59 Å². The molecule has 0 saturated carbocycles. The number of carbonyl (C=O) groups excluding carboxylic acids is 2. The van der Waals surface area contributed by atoms with Crippen LogP contribution < -0.4 is 11.1 Å². The molecule has 5 heteroatoms. The number of carbonyl (C=O) groups is 2. The van der Waals surface area contributed by atoms with Gasteiger partial charge < -0.3 is 11.1 Å². The zero-order valence-corrected chi connectivity index (χ0v) is 10.3. The summed E-state index contributed by atoms with van der Waals surface area (Å²) in [6.45, 7) is 0. The van der Waals surface area contributed by atoms with Crippen LogP contribution in [0.15, 0.2) is 47.8 Å². The first-order chi connectivity index (χ1) is 8.68. The molecule has 2 amide bonds. The highest BCUT2D eigenvalue weighted by molar-refractivity contribution is 7.12. The van der Waals surface area contributed by atoms with Crippen LogP contribution in [0.5, 0.6) is 0 Å². The highest BCUT2D eigenvalue weighted by Crippen LogP contribution is 2.14. The van der Waals surface area contributed by atoms with Gasteiger partial charge in [-0.15, -0.1) is 11.3 Å². The molecular weight excluding hydrogens is 248 g/mol. The number of benzene rings is 1. The van der Waals surface area contributed by atoms with Crippen molar-refractivity contribution in [2.24, 2.45) is 5.73 Å². The second-order valence-corrected chi connectivity index (χ2v) is 4.64. The number of hydrogen-bond acceptors (Lipinski definition) is 3. The number of thiophene rings is 1. The van der Waals surface area contributed by atoms with Crippen molar-refractivity contribution in [2.75, 3.05) is 0 Å². The molecule has 1 unspecified atom stereocenters. The summed E-state index contributed by atoms with van der Waals surface area (Å²) in [5.41, 5.74) is 6.00. The molecule has 0 saturated heterocycles. The predicted molar refractivity (Wildman–Crippen MR) is 70.2 cm³/mol. The molecule has 92 valence electrons. The lowest BCUT2D eigenvalue weighted by atomic mass is 10.1. The van der Waals surface area contributed by atoms with Gasteiger partial charge in [-0.1, -0.05) is 36.4 Å². The van der Waals surface area contributed by atoms with Crippen molar-refractivity contribution in [3.63, 3.8) is 0 Å². The average molecular weight is 260 g/mol. The molecule has 1 aromatic carbocycles. The van der Waals surface area contributed by atoms with Gasteiger partial charge in [0.15, 0.2) is 0 Å². The van der Waals surface area contributed by atoms with E-state index in [1.807, 2.05) is 6.07 Å². The van der Waals surface area contributed by atoms with Gasteiger partial charge in [0, 0.05) is 0 Å². The van der Waals surface area contributed by atoms with Crippen molar-refractivity contribution in [2.45, 2.75) is 6.04 Å². The fourth-order valence-electron chi connectivity index (χ4n) is 1.57. The van der Waals surface area contributed by atoms with Crippen LogP contribution in [-0.4, -0.2) is 11.8 Å². The number of nitrogens with two attached hydrogens (primary N) is 1. The first-order valence-corrected chi connectivity index (χ1v) is 6.25. The molecule has 4 nitrogen and oxygen atoms in total. The minimum atomic E-state index is -0.805. The number of primary amides is 1. The molecule has 0 aliphatic carbocycles. The molecule has 2 rings (SSSR count). The first kappa shape index (κ1) is 12.3. The normalized spacial score (nSPS) is 11.8. The Labute approximate surface area is 108 Å². The monoisotopic (exact) mass is 260 g/mol. The van der Waals surface area contributed by atoms with Crippen molar-refractivity contribution in [3.8, 4) is 0 Å². The van der Waals surface area contributed by atoms with Crippen LogP contribution in [0.3, 0.4) is 0 Å². The highest BCUT2D eigenvalue weighted by atomic mass is 32.1. The summed E-state index contributed by atoms with van der Waals surface area (Å²) in [4.78, 5) is 23.9. The van der Waals surface area contributed by atoms with E-state index in [0.29, 0.717) is 10.4 Å². The van der Waals surface area contributed by atoms with Crippen LogP contribution in [0.25, 0.3) is 0 Å². The molecule has 1 atom stereocenters. The molecule has 18 heavy (non-hydrogen) atoms. The molecular formula is C13H12N2O2S. The van der Waals surface area contributed by atoms with Crippen molar-refractivity contribution in [1.29, 1.82) is 0 Å². The second kappa shape index (κ2) is 5.46. The molecule has 0 spiro atoms. The van der Waals surface area contributed by atoms with Gasteiger partial charge in [-0.2, -0.15) is 0 Å². The number of nitrogens with one attached hydrogen (secondary N) is 1. The van der Waals surface area contributed by atoms with Crippen molar-refractivity contribution in [3.05, 3.63) is 58.3 Å². The van der Waals surface area contributed by atoms with E-state index in [-0.39, 0.29) is 5.91 Å². The fraction of sp³-hybridized carbons (Fsp3) is 0.0769. The molecule has 0 radical (unpaired) electrons. The summed E-state index contributed by atoms with van der Waals surface area (Å²) >= 11 is 1.32. The SMILES string of the molecule is NC(=O)C(NC(=O)c1cccs1)c1ccccc1. The third-order valence-electron chi connectivity index (χ3n) is 2.44. The molecule has 0 aliphatic heterocycles. The van der Waals surface area contributed by atoms with Crippen molar-refractivity contribution < 1.29 is 9.59 Å². The summed E-state index contributed by atoms with van der Waals surface area (Å²) in [5, 5.41) is 4.43. The standard InChI is InChI=1S/C13H12N2O2S/c14-12(16)11(9-5-2-1-3-6-9)15-13(17)10-7-4-8-18-10/h1-8,11H,(H2,14,16)(H,15,17). The minimum absolute atomic E-state index is 0.294. The Morgan fingerprint density at radius 3 is 2.39 bits per heavy atom. The Bertz CT molecular complexity index is 537. The van der Waals surface area contributed by atoms with Gasteiger partial charge in [0.05, 0.1) is 4.88 Å². The van der Waals surface area contributed by atoms with Crippen LogP contribution in [0.4, 0.5) is 0 Å². The van der Waals surface area contributed by atoms with E-state index in [0.717, 1.165) is 0 Å². The summed E-state index contributed by atoms with van der Waals surface area (Å²) in [7, 11) is 0. The minimum Gasteiger partial charge on any atom is -0.368 e. The Kier molecular flexibility index (Phi) is 3.74. The molecule has 1 heterocycles. The van der Waals surface area contributed by atoms with Crippen LogP contribution in [-0.2, 0) is 4.79 Å². The molecule has 0 fully saturated rings. The fourth-order valence-corrected chi connectivity index (χ4v) is 2.20. The van der Waals surface area contributed by atoms with Crippen LogP contribution in [0, 0.1) is 0 Å². The average Bonchev–Trinajstić information content (AvgIpc) is 2.90. The van der Waals surface area contributed by atoms with Crippen molar-refractivity contribution >= 4 is 23.2 Å². The smallest absolute Gasteiger partial charge is 0.262 e. The number of hydrogen-bond donors (Lipinski definition) is 2. The van der Waals surface area contributed by atoms with E-state index in [4.69, 9.17) is 5.73 Å². The van der Waals surface area contributed by atoms with E-state index in [1.54, 1.807) is 41.8 Å². The third kappa shape index (κ3) is 2.75. The number of amides is 2. The second-order valence-electron chi connectivity index (χ2n) is 3.70. The van der Waals surface area contributed by atoms with E-state index in [2.05, 4.69) is 5.32 Å². The van der Waals surface area contributed by atoms with Gasteiger partial charge in [0.2, 0.25) is 5.91 Å². The topological polar surface area (TPSA) is 72.2 Å². The summed E-state index contributed by atoms with van der Waals surface area (Å²) in [6, 6.07) is 11.6. The van der Waals surface area contributed by atoms with E-state index >= 15 is 0 Å². The van der Waals surface area contributed by atoms with Crippen LogP contribution in [0.2, 0.25) is 0 Å². The molecule has 0 aliphatic rings. The molecule has 1 aromatic heterocycles. The molecule has 3 N–H and O–H groups in total. The van der Waals surface area contributed by atoms with Gasteiger partial charge in [-0.05, 0) is 17.0 Å². The summed E-state index contributed by atoms with van der Waals surface area (Å²) < 4.78 is 0. The maximum absolute atomic E-state index is 11.9. The van der Waals surface area contributed by atoms with Gasteiger partial charge in [0.25, 0.3) is 5.91 Å². The molecule has 2 aromatic rings. The lowest BCUT2D eigenvalue weighted by Gasteiger charge is -2.15. The zero-order chi connectivity index (χ0) is 13.0. The van der Waals surface area contributed by atoms with Gasteiger partial charge >= 0.3 is 0 Å². The first-order valence-electron chi connectivity index (χ1n) is 5.37. The third-order valence-corrected chi connectivity index (χ3v) is 3.31. The van der Waals surface area contributed by atoms with Gasteiger partial charge in [-0.25, -0.2) is 0 Å². The largest absolute Gasteiger partial charge is 0.368 e. The van der Waals surface area contributed by atoms with E-state index < -0.39 is 11.9 Å². The van der Waals surface area contributed by atoms with Crippen LogP contribution >= 0.6 is 11.3 Å². The Hall–Kier alpha value is -2.14. The quantitative estimate of drug-likeness (QED) is 0.878. The van der Waals surface area contributed by atoms with E-state index in [1.165, 1.54) is 11.3 Å². The maximum atomic E-state index is 11.9. The van der Waals surface area contributed by atoms with Crippen molar-refractivity contribution in [1.82, 2.24) is 5.32 Å².